The minimum atomic E-state index is -0.252. The maximum atomic E-state index is 12.8. The topological polar surface area (TPSA) is 80.2 Å². The van der Waals surface area contributed by atoms with Crippen molar-refractivity contribution in [2.24, 2.45) is 0 Å². The maximum Gasteiger partial charge on any atom is 0.251 e. The Bertz CT molecular complexity index is 1250. The van der Waals surface area contributed by atoms with E-state index in [0.29, 0.717) is 33.1 Å². The Morgan fingerprint density at radius 3 is 2.10 bits per heavy atom. The Labute approximate surface area is 166 Å². The molecule has 0 aliphatic rings. The summed E-state index contributed by atoms with van der Waals surface area (Å²) < 4.78 is 1.84. The largest absolute Gasteiger partial charge is 0.355 e. The van der Waals surface area contributed by atoms with E-state index < -0.39 is 0 Å². The first-order valence-corrected chi connectivity index (χ1v) is 9.21. The number of carbonyl (C=O) groups excluding carboxylic acids is 2. The van der Waals surface area contributed by atoms with Gasteiger partial charge in [0.1, 0.15) is 6.54 Å². The lowest BCUT2D eigenvalue weighted by atomic mass is 10.1. The Kier molecular flexibility index (Phi) is 4.83. The van der Waals surface area contributed by atoms with Crippen molar-refractivity contribution < 1.29 is 9.59 Å². The number of hydrogen-bond acceptors (Lipinski definition) is 3. The number of fused-ring (bicyclic) bond motifs is 2. The molecular formula is C23H19N3O3. The summed E-state index contributed by atoms with van der Waals surface area (Å²) in [4.78, 5) is 37.4. The second kappa shape index (κ2) is 7.59. The second-order valence-electron chi connectivity index (χ2n) is 6.66. The van der Waals surface area contributed by atoms with Gasteiger partial charge in [0.15, 0.2) is 5.43 Å². The van der Waals surface area contributed by atoms with Crippen LogP contribution in [0.5, 0.6) is 0 Å². The standard InChI is InChI=1S/C23H19N3O3/c1-24-23(29)15-7-6-8-16(13-15)25-21(27)14-26-19-11-4-2-9-17(19)22(28)18-10-3-5-12-20(18)26/h2-13H,14H2,1H3,(H,24,29)(H,25,27). The molecule has 0 fully saturated rings. The van der Waals surface area contributed by atoms with Gasteiger partial charge < -0.3 is 15.2 Å². The average molecular weight is 385 g/mol. The van der Waals surface area contributed by atoms with Crippen LogP contribution in [0, 0.1) is 0 Å². The van der Waals surface area contributed by atoms with Crippen LogP contribution in [0.1, 0.15) is 10.4 Å². The number of para-hydroxylation sites is 2. The van der Waals surface area contributed by atoms with Crippen LogP contribution in [0.15, 0.2) is 77.6 Å². The number of benzene rings is 3. The van der Waals surface area contributed by atoms with Gasteiger partial charge in [-0.25, -0.2) is 0 Å². The van der Waals surface area contributed by atoms with Crippen molar-refractivity contribution in [2.75, 3.05) is 12.4 Å². The van der Waals surface area contributed by atoms with Gasteiger partial charge in [-0.3, -0.25) is 14.4 Å². The molecule has 3 aromatic carbocycles. The summed E-state index contributed by atoms with van der Waals surface area (Å²) in [7, 11) is 1.56. The molecule has 4 rings (SSSR count). The number of amides is 2. The SMILES string of the molecule is CNC(=O)c1cccc(NC(=O)Cn2c3ccccc3c(=O)c3ccccc32)c1. The van der Waals surface area contributed by atoms with Gasteiger partial charge in [0.25, 0.3) is 5.91 Å². The number of rotatable bonds is 4. The summed E-state index contributed by atoms with van der Waals surface area (Å²) in [6.45, 7) is 0.0332. The maximum absolute atomic E-state index is 12.8. The monoisotopic (exact) mass is 385 g/mol. The van der Waals surface area contributed by atoms with Crippen LogP contribution in [0.25, 0.3) is 21.8 Å². The summed E-state index contributed by atoms with van der Waals surface area (Å²) in [6, 6.07) is 21.3. The molecule has 6 heteroatoms. The van der Waals surface area contributed by atoms with E-state index in [2.05, 4.69) is 10.6 Å². The van der Waals surface area contributed by atoms with Crippen LogP contribution in [0.4, 0.5) is 5.69 Å². The zero-order chi connectivity index (χ0) is 20.4. The highest BCUT2D eigenvalue weighted by molar-refractivity contribution is 5.99. The van der Waals surface area contributed by atoms with Gasteiger partial charge >= 0.3 is 0 Å². The van der Waals surface area contributed by atoms with Crippen molar-refractivity contribution in [2.45, 2.75) is 6.54 Å². The number of anilines is 1. The molecule has 0 atom stereocenters. The normalized spacial score (nSPS) is 10.8. The fraction of sp³-hybridized carbons (Fsp3) is 0.0870. The highest BCUT2D eigenvalue weighted by Gasteiger charge is 2.13. The van der Waals surface area contributed by atoms with E-state index >= 15 is 0 Å². The second-order valence-corrected chi connectivity index (χ2v) is 6.66. The van der Waals surface area contributed by atoms with Crippen molar-refractivity contribution in [3.63, 3.8) is 0 Å². The van der Waals surface area contributed by atoms with Crippen molar-refractivity contribution in [1.82, 2.24) is 9.88 Å². The third-order valence-electron chi connectivity index (χ3n) is 4.82. The quantitative estimate of drug-likeness (QED) is 0.530. The molecule has 0 aliphatic carbocycles. The van der Waals surface area contributed by atoms with Crippen LogP contribution >= 0.6 is 0 Å². The fourth-order valence-corrected chi connectivity index (χ4v) is 3.47. The zero-order valence-corrected chi connectivity index (χ0v) is 15.8. The molecule has 4 aromatic rings. The highest BCUT2D eigenvalue weighted by Crippen LogP contribution is 2.19. The molecule has 6 nitrogen and oxygen atoms in total. The van der Waals surface area contributed by atoms with E-state index in [0.717, 1.165) is 0 Å². The van der Waals surface area contributed by atoms with Crippen LogP contribution in [-0.2, 0) is 11.3 Å². The molecule has 29 heavy (non-hydrogen) atoms. The van der Waals surface area contributed by atoms with Crippen molar-refractivity contribution in [3.05, 3.63) is 88.6 Å². The first-order chi connectivity index (χ1) is 14.1. The molecule has 0 radical (unpaired) electrons. The molecule has 0 bridgehead atoms. The number of carbonyl (C=O) groups is 2. The number of hydrogen-bond donors (Lipinski definition) is 2. The van der Waals surface area contributed by atoms with Crippen molar-refractivity contribution in [1.29, 1.82) is 0 Å². The molecule has 0 aliphatic heterocycles. The first kappa shape index (κ1) is 18.4. The molecule has 0 unspecified atom stereocenters. The summed E-state index contributed by atoms with van der Waals surface area (Å²) in [5.74, 6) is -0.475. The third kappa shape index (κ3) is 3.48. The van der Waals surface area contributed by atoms with Gasteiger partial charge in [0, 0.05) is 29.1 Å². The lowest BCUT2D eigenvalue weighted by Crippen LogP contribution is -2.22. The molecule has 144 valence electrons. The molecular weight excluding hydrogens is 366 g/mol. The number of pyridine rings is 1. The first-order valence-electron chi connectivity index (χ1n) is 9.21. The lowest BCUT2D eigenvalue weighted by Gasteiger charge is -2.15. The molecule has 0 spiro atoms. The van der Waals surface area contributed by atoms with Gasteiger partial charge in [-0.05, 0) is 42.5 Å². The summed E-state index contributed by atoms with van der Waals surface area (Å²) in [6.07, 6.45) is 0. The van der Waals surface area contributed by atoms with Gasteiger partial charge in [0.2, 0.25) is 5.91 Å². The Balaban J connectivity index is 1.72. The summed E-state index contributed by atoms with van der Waals surface area (Å²) in [5.41, 5.74) is 2.34. The lowest BCUT2D eigenvalue weighted by molar-refractivity contribution is -0.116. The average Bonchev–Trinajstić information content (AvgIpc) is 2.76. The minimum Gasteiger partial charge on any atom is -0.355 e. The Morgan fingerprint density at radius 1 is 0.862 bits per heavy atom. The summed E-state index contributed by atoms with van der Waals surface area (Å²) >= 11 is 0. The van der Waals surface area contributed by atoms with E-state index in [1.165, 1.54) is 0 Å². The Morgan fingerprint density at radius 2 is 1.48 bits per heavy atom. The van der Waals surface area contributed by atoms with E-state index in [1.807, 2.05) is 41.0 Å². The summed E-state index contributed by atoms with van der Waals surface area (Å²) in [5, 5.41) is 6.54. The smallest absolute Gasteiger partial charge is 0.251 e. The molecule has 1 heterocycles. The third-order valence-corrected chi connectivity index (χ3v) is 4.82. The molecule has 2 amide bonds. The molecule has 2 N–H and O–H groups in total. The van der Waals surface area contributed by atoms with Crippen LogP contribution < -0.4 is 16.1 Å². The van der Waals surface area contributed by atoms with E-state index in [4.69, 9.17) is 0 Å². The number of nitrogens with zero attached hydrogens (tertiary/aromatic N) is 1. The van der Waals surface area contributed by atoms with Gasteiger partial charge in [-0.15, -0.1) is 0 Å². The van der Waals surface area contributed by atoms with Gasteiger partial charge in [0.05, 0.1) is 11.0 Å². The van der Waals surface area contributed by atoms with E-state index in [9.17, 15) is 14.4 Å². The number of nitrogens with one attached hydrogen (secondary N) is 2. The van der Waals surface area contributed by atoms with E-state index in [-0.39, 0.29) is 23.8 Å². The zero-order valence-electron chi connectivity index (χ0n) is 15.8. The Hall–Kier alpha value is -3.93. The van der Waals surface area contributed by atoms with Gasteiger partial charge in [-0.2, -0.15) is 0 Å². The minimum absolute atomic E-state index is 0.0332. The van der Waals surface area contributed by atoms with Gasteiger partial charge in [-0.1, -0.05) is 30.3 Å². The predicted molar refractivity (Wildman–Crippen MR) is 114 cm³/mol. The van der Waals surface area contributed by atoms with Crippen molar-refractivity contribution in [3.8, 4) is 0 Å². The van der Waals surface area contributed by atoms with Crippen LogP contribution in [0.2, 0.25) is 0 Å². The van der Waals surface area contributed by atoms with Crippen LogP contribution in [0.3, 0.4) is 0 Å². The molecule has 1 aromatic heterocycles. The molecule has 0 saturated heterocycles. The van der Waals surface area contributed by atoms with Crippen molar-refractivity contribution >= 4 is 39.3 Å². The number of aromatic nitrogens is 1. The fourth-order valence-electron chi connectivity index (χ4n) is 3.47. The predicted octanol–water partition coefficient (Wildman–Crippen LogP) is 3.15. The van der Waals surface area contributed by atoms with Crippen LogP contribution in [-0.4, -0.2) is 23.4 Å². The molecule has 0 saturated carbocycles. The highest BCUT2D eigenvalue weighted by atomic mass is 16.2. The van der Waals surface area contributed by atoms with E-state index in [1.54, 1.807) is 43.4 Å².